The Morgan fingerprint density at radius 3 is 2.34 bits per heavy atom. The van der Waals surface area contributed by atoms with Crippen LogP contribution in [0.15, 0.2) is 11.6 Å². The molecule has 1 aliphatic heterocycles. The smallest absolute Gasteiger partial charge is 0.333 e. The lowest BCUT2D eigenvalue weighted by atomic mass is 9.80. The van der Waals surface area contributed by atoms with E-state index < -0.39 is 33.2 Å². The van der Waals surface area contributed by atoms with Crippen LogP contribution in [-0.4, -0.2) is 52.9 Å². The van der Waals surface area contributed by atoms with Crippen LogP contribution in [0.25, 0.3) is 0 Å². The first kappa shape index (κ1) is 25.5. The highest BCUT2D eigenvalue weighted by molar-refractivity contribution is 7.84. The first-order valence-electron chi connectivity index (χ1n) is 9.41. The number of methoxy groups -OCH3 is 1. The number of nitrogens with two attached hydrogens (primary N) is 1. The van der Waals surface area contributed by atoms with Crippen LogP contribution in [0.4, 0.5) is 0 Å². The van der Waals surface area contributed by atoms with Crippen molar-refractivity contribution in [3.63, 3.8) is 0 Å². The normalized spacial score (nSPS) is 22.4. The lowest BCUT2D eigenvalue weighted by Crippen LogP contribution is -2.43. The van der Waals surface area contributed by atoms with Gasteiger partial charge in [-0.15, -0.1) is 0 Å². The Kier molecular flexibility index (Phi) is 8.82. The fourth-order valence-electron chi connectivity index (χ4n) is 2.74. The molecule has 1 fully saturated rings. The molecule has 2 N–H and O–H groups in total. The summed E-state index contributed by atoms with van der Waals surface area (Å²) in [4.78, 5) is 23.6. The van der Waals surface area contributed by atoms with Gasteiger partial charge in [-0.05, 0) is 33.6 Å². The number of esters is 2. The third-order valence-electron chi connectivity index (χ3n) is 4.57. The number of hydrogen-bond acceptors (Lipinski definition) is 8. The van der Waals surface area contributed by atoms with E-state index in [1.807, 2.05) is 0 Å². The van der Waals surface area contributed by atoms with E-state index in [2.05, 4.69) is 0 Å². The molecule has 0 saturated carbocycles. The summed E-state index contributed by atoms with van der Waals surface area (Å²) in [5, 5.41) is 4.93. The molecule has 1 rings (SSSR count). The van der Waals surface area contributed by atoms with Gasteiger partial charge in [0, 0.05) is 17.9 Å². The molecule has 168 valence electrons. The summed E-state index contributed by atoms with van der Waals surface area (Å²) in [6.45, 7) is 8.90. The lowest BCUT2D eigenvalue weighted by Gasteiger charge is -2.40. The molecule has 0 aromatic rings. The summed E-state index contributed by atoms with van der Waals surface area (Å²) in [6, 6.07) is 0. The van der Waals surface area contributed by atoms with Crippen LogP contribution in [0.1, 0.15) is 53.9 Å². The second-order valence-corrected chi connectivity index (χ2v) is 10.1. The van der Waals surface area contributed by atoms with Gasteiger partial charge in [0.1, 0.15) is 0 Å². The molecule has 10 heteroatoms. The van der Waals surface area contributed by atoms with Gasteiger partial charge < -0.3 is 14.2 Å². The van der Waals surface area contributed by atoms with E-state index in [-0.39, 0.29) is 25.3 Å². The number of carbonyl (C=O) groups is 2. The molecule has 29 heavy (non-hydrogen) atoms. The Morgan fingerprint density at radius 2 is 1.83 bits per heavy atom. The first-order valence-corrected chi connectivity index (χ1v) is 10.9. The van der Waals surface area contributed by atoms with Gasteiger partial charge in [-0.2, -0.15) is 8.42 Å². The molecule has 1 saturated heterocycles. The predicted molar refractivity (Wildman–Crippen MR) is 106 cm³/mol. The second-order valence-electron chi connectivity index (χ2n) is 8.90. The van der Waals surface area contributed by atoms with Crippen molar-refractivity contribution >= 4 is 22.2 Å². The van der Waals surface area contributed by atoms with Crippen LogP contribution < -0.4 is 5.14 Å². The fourth-order valence-corrected chi connectivity index (χ4v) is 3.21. The fraction of sp³-hybridized carbons (Fsp3) is 0.789. The predicted octanol–water partition coefficient (Wildman–Crippen LogP) is 1.86. The van der Waals surface area contributed by atoms with Crippen molar-refractivity contribution in [1.29, 1.82) is 0 Å². The van der Waals surface area contributed by atoms with E-state index in [1.165, 1.54) is 13.2 Å². The topological polar surface area (TPSA) is 131 Å². The standard InChI is InChI=1S/C19H33NO8S/c1-18(2,3)17(22)26-8-7-14-9-13(11-16(21)25-6)10-15(28-14)19(4,5)12-27-29(20,23)24/h11,14-15H,7-10,12H2,1-6H3,(H2,20,23,24)/b13-11-/t14-,15-/m1/s1. The van der Waals surface area contributed by atoms with Crippen molar-refractivity contribution in [3.05, 3.63) is 11.6 Å². The summed E-state index contributed by atoms with van der Waals surface area (Å²) < 4.78 is 43.2. The molecular weight excluding hydrogens is 402 g/mol. The van der Waals surface area contributed by atoms with Crippen molar-refractivity contribution in [2.24, 2.45) is 16.0 Å². The Morgan fingerprint density at radius 1 is 1.21 bits per heavy atom. The molecule has 0 aromatic carbocycles. The summed E-state index contributed by atoms with van der Waals surface area (Å²) in [7, 11) is -2.79. The van der Waals surface area contributed by atoms with E-state index >= 15 is 0 Å². The van der Waals surface area contributed by atoms with Crippen molar-refractivity contribution in [1.82, 2.24) is 0 Å². The largest absolute Gasteiger partial charge is 0.466 e. The monoisotopic (exact) mass is 435 g/mol. The molecule has 9 nitrogen and oxygen atoms in total. The maximum atomic E-state index is 11.9. The molecule has 0 spiro atoms. The van der Waals surface area contributed by atoms with Crippen LogP contribution in [0.5, 0.6) is 0 Å². The zero-order chi connectivity index (χ0) is 22.5. The first-order chi connectivity index (χ1) is 13.1. The Balaban J connectivity index is 2.87. The van der Waals surface area contributed by atoms with Gasteiger partial charge in [-0.1, -0.05) is 19.4 Å². The summed E-state index contributed by atoms with van der Waals surface area (Å²) in [5.74, 6) is -0.783. The van der Waals surface area contributed by atoms with Gasteiger partial charge in [0.2, 0.25) is 0 Å². The Labute approximate surface area is 173 Å². The number of carbonyl (C=O) groups excluding carboxylic acids is 2. The lowest BCUT2D eigenvalue weighted by molar-refractivity contribution is -0.155. The van der Waals surface area contributed by atoms with Crippen molar-refractivity contribution in [2.45, 2.75) is 66.1 Å². The van der Waals surface area contributed by atoms with Crippen LogP contribution >= 0.6 is 0 Å². The average Bonchev–Trinajstić information content (AvgIpc) is 2.58. The van der Waals surface area contributed by atoms with Gasteiger partial charge >= 0.3 is 22.2 Å². The quantitative estimate of drug-likeness (QED) is 0.451. The molecule has 0 unspecified atom stereocenters. The Hall–Kier alpha value is -1.49. The summed E-state index contributed by atoms with van der Waals surface area (Å²) in [5.41, 5.74) is -0.495. The molecule has 0 aliphatic carbocycles. The second kappa shape index (κ2) is 10.0. The maximum absolute atomic E-state index is 11.9. The van der Waals surface area contributed by atoms with E-state index in [4.69, 9.17) is 23.5 Å². The zero-order valence-corrected chi connectivity index (χ0v) is 18.8. The Bertz CT molecular complexity index is 721. The molecule has 1 heterocycles. The number of ether oxygens (including phenoxy) is 3. The maximum Gasteiger partial charge on any atom is 0.333 e. The molecule has 0 bridgehead atoms. The molecule has 0 aromatic heterocycles. The van der Waals surface area contributed by atoms with Gasteiger partial charge in [0.15, 0.2) is 0 Å². The molecular formula is C19H33NO8S. The average molecular weight is 436 g/mol. The number of rotatable bonds is 8. The van der Waals surface area contributed by atoms with E-state index in [1.54, 1.807) is 34.6 Å². The highest BCUT2D eigenvalue weighted by Crippen LogP contribution is 2.36. The minimum Gasteiger partial charge on any atom is -0.466 e. The third kappa shape index (κ3) is 9.24. The third-order valence-corrected chi connectivity index (χ3v) is 5.02. The van der Waals surface area contributed by atoms with Crippen LogP contribution in [-0.2, 0) is 38.3 Å². The molecule has 1 aliphatic rings. The van der Waals surface area contributed by atoms with E-state index in [0.717, 1.165) is 5.57 Å². The van der Waals surface area contributed by atoms with Crippen molar-refractivity contribution in [2.75, 3.05) is 20.3 Å². The van der Waals surface area contributed by atoms with Crippen LogP contribution in [0.3, 0.4) is 0 Å². The minimum atomic E-state index is -4.09. The van der Waals surface area contributed by atoms with E-state index in [9.17, 15) is 18.0 Å². The van der Waals surface area contributed by atoms with Crippen molar-refractivity contribution < 1.29 is 36.4 Å². The van der Waals surface area contributed by atoms with Crippen molar-refractivity contribution in [3.8, 4) is 0 Å². The van der Waals surface area contributed by atoms with Gasteiger partial charge in [0.25, 0.3) is 0 Å². The van der Waals surface area contributed by atoms with E-state index in [0.29, 0.717) is 19.3 Å². The molecule has 0 amide bonds. The zero-order valence-electron chi connectivity index (χ0n) is 18.0. The summed E-state index contributed by atoms with van der Waals surface area (Å²) >= 11 is 0. The van der Waals surface area contributed by atoms with Crippen LogP contribution in [0.2, 0.25) is 0 Å². The summed E-state index contributed by atoms with van der Waals surface area (Å²) in [6.07, 6.45) is 1.99. The molecule has 0 radical (unpaired) electrons. The SMILES string of the molecule is COC(=O)/C=C1/C[C@@H](CCOC(=O)C(C)(C)C)O[C@@H](C(C)(C)COS(N)(=O)=O)C1. The van der Waals surface area contributed by atoms with Crippen LogP contribution in [0, 0.1) is 10.8 Å². The number of hydrogen-bond donors (Lipinski definition) is 1. The van der Waals surface area contributed by atoms with Gasteiger partial charge in [-0.25, -0.2) is 9.93 Å². The highest BCUT2D eigenvalue weighted by atomic mass is 32.2. The van der Waals surface area contributed by atoms with Gasteiger partial charge in [0.05, 0.1) is 37.9 Å². The van der Waals surface area contributed by atoms with Gasteiger partial charge in [-0.3, -0.25) is 8.98 Å². The highest BCUT2D eigenvalue weighted by Gasteiger charge is 2.38. The minimum absolute atomic E-state index is 0.173. The molecule has 2 atom stereocenters.